The van der Waals surface area contributed by atoms with Crippen molar-refractivity contribution in [3.05, 3.63) is 62.3 Å². The Balaban J connectivity index is 2.17. The molecule has 0 radical (unpaired) electrons. The predicted octanol–water partition coefficient (Wildman–Crippen LogP) is 2.46. The normalized spacial score (nSPS) is 20.3. The summed E-state index contributed by atoms with van der Waals surface area (Å²) in [6, 6.07) is 10.6. The van der Waals surface area contributed by atoms with Crippen LogP contribution in [0.3, 0.4) is 0 Å². The second kappa shape index (κ2) is 6.64. The second-order valence-electron chi connectivity index (χ2n) is 5.83. The van der Waals surface area contributed by atoms with Gasteiger partial charge in [0.1, 0.15) is 0 Å². The van der Waals surface area contributed by atoms with Crippen LogP contribution in [0.25, 0.3) is 0 Å². The molecule has 1 aromatic carbocycles. The fraction of sp³-hybridized carbons (Fsp3) is 0.294. The van der Waals surface area contributed by atoms with Crippen molar-refractivity contribution >= 4 is 28.9 Å². The number of carbonyl (C=O) groups excluding carboxylic acids is 2. The number of benzene rings is 1. The minimum absolute atomic E-state index is 0.0537. The van der Waals surface area contributed by atoms with E-state index in [0.29, 0.717) is 10.6 Å². The number of hydrogen-bond acceptors (Lipinski definition) is 6. The largest absolute Gasteiger partial charge is 0.468 e. The zero-order valence-corrected chi connectivity index (χ0v) is 14.2. The van der Waals surface area contributed by atoms with Crippen LogP contribution in [0.5, 0.6) is 0 Å². The smallest absolute Gasteiger partial charge is 0.322 e. The second-order valence-corrected chi connectivity index (χ2v) is 6.81. The standard InChI is InChI=1S/C17H16N2O5S/c1-24-16(21)17(12(10-19(22)23)14-7-4-8-25-14)9-11-5-2-3-6-13(11)18-15(17)20/h2-8,12H,9-10H2,1H3,(H,18,20)/t12-,17+/m0/s1. The number of amides is 1. The summed E-state index contributed by atoms with van der Waals surface area (Å²) in [5.41, 5.74) is -0.323. The molecule has 1 aromatic heterocycles. The van der Waals surface area contributed by atoms with Crippen LogP contribution in [0, 0.1) is 15.5 Å². The van der Waals surface area contributed by atoms with E-state index in [4.69, 9.17) is 4.74 Å². The molecule has 1 N–H and O–H groups in total. The van der Waals surface area contributed by atoms with Crippen LogP contribution in [0.1, 0.15) is 16.4 Å². The van der Waals surface area contributed by atoms with Gasteiger partial charge in [-0.25, -0.2) is 0 Å². The molecule has 0 aliphatic carbocycles. The summed E-state index contributed by atoms with van der Waals surface area (Å²) < 4.78 is 4.92. The highest BCUT2D eigenvalue weighted by Crippen LogP contribution is 2.46. The van der Waals surface area contributed by atoms with E-state index in [-0.39, 0.29) is 6.42 Å². The van der Waals surface area contributed by atoms with Crippen LogP contribution >= 0.6 is 11.3 Å². The number of esters is 1. The van der Waals surface area contributed by atoms with Gasteiger partial charge in [0.2, 0.25) is 12.5 Å². The molecule has 0 bridgehead atoms. The van der Waals surface area contributed by atoms with Crippen LogP contribution in [0.15, 0.2) is 41.8 Å². The SMILES string of the molecule is COC(=O)[C@@]1([C@@H](C[N+](=O)[O-])c2cccs2)Cc2ccccc2NC1=O. The van der Waals surface area contributed by atoms with E-state index in [2.05, 4.69) is 5.32 Å². The van der Waals surface area contributed by atoms with Crippen LogP contribution in [-0.4, -0.2) is 30.5 Å². The number of nitrogens with one attached hydrogen (secondary N) is 1. The highest BCUT2D eigenvalue weighted by molar-refractivity contribution is 7.10. The lowest BCUT2D eigenvalue weighted by molar-refractivity contribution is -0.485. The number of ether oxygens (including phenoxy) is 1. The third-order valence-electron chi connectivity index (χ3n) is 4.50. The number of methoxy groups -OCH3 is 1. The van der Waals surface area contributed by atoms with Crippen LogP contribution in [0.4, 0.5) is 5.69 Å². The number of hydrogen-bond donors (Lipinski definition) is 1. The van der Waals surface area contributed by atoms with Gasteiger partial charge in [-0.15, -0.1) is 11.3 Å². The third kappa shape index (κ3) is 2.89. The van der Waals surface area contributed by atoms with Gasteiger partial charge < -0.3 is 10.1 Å². The van der Waals surface area contributed by atoms with Crippen molar-refractivity contribution in [1.82, 2.24) is 0 Å². The van der Waals surface area contributed by atoms with Gasteiger partial charge >= 0.3 is 5.97 Å². The molecule has 0 unspecified atom stereocenters. The Morgan fingerprint density at radius 1 is 1.40 bits per heavy atom. The molecule has 7 nitrogen and oxygen atoms in total. The van der Waals surface area contributed by atoms with Crippen LogP contribution < -0.4 is 5.32 Å². The van der Waals surface area contributed by atoms with Crippen molar-refractivity contribution in [2.45, 2.75) is 12.3 Å². The molecule has 0 spiro atoms. The maximum Gasteiger partial charge on any atom is 0.322 e. The zero-order chi connectivity index (χ0) is 18.0. The van der Waals surface area contributed by atoms with Crippen molar-refractivity contribution in [2.24, 2.45) is 5.41 Å². The highest BCUT2D eigenvalue weighted by Gasteiger charge is 2.58. The maximum atomic E-state index is 13.0. The minimum atomic E-state index is -1.68. The van der Waals surface area contributed by atoms with E-state index in [1.165, 1.54) is 18.4 Å². The van der Waals surface area contributed by atoms with Gasteiger partial charge in [-0.2, -0.15) is 0 Å². The zero-order valence-electron chi connectivity index (χ0n) is 13.4. The summed E-state index contributed by atoms with van der Waals surface area (Å²) in [7, 11) is 1.19. The molecule has 0 saturated heterocycles. The summed E-state index contributed by atoms with van der Waals surface area (Å²) in [4.78, 5) is 37.1. The predicted molar refractivity (Wildman–Crippen MR) is 92.1 cm³/mol. The third-order valence-corrected chi connectivity index (χ3v) is 5.49. The molecule has 25 heavy (non-hydrogen) atoms. The van der Waals surface area contributed by atoms with E-state index >= 15 is 0 Å². The molecular formula is C17H16N2O5S. The van der Waals surface area contributed by atoms with Crippen molar-refractivity contribution in [3.8, 4) is 0 Å². The van der Waals surface area contributed by atoms with Crippen molar-refractivity contribution in [2.75, 3.05) is 19.0 Å². The summed E-state index contributed by atoms with van der Waals surface area (Å²) in [5.74, 6) is -2.25. The summed E-state index contributed by atoms with van der Waals surface area (Å²) in [6.45, 7) is -0.537. The van der Waals surface area contributed by atoms with Gasteiger partial charge in [-0.05, 0) is 23.1 Å². The van der Waals surface area contributed by atoms with E-state index in [1.54, 1.807) is 41.8 Å². The van der Waals surface area contributed by atoms with Gasteiger partial charge in [-0.1, -0.05) is 24.3 Å². The summed E-state index contributed by atoms with van der Waals surface area (Å²) in [5, 5.41) is 15.8. The Morgan fingerprint density at radius 2 is 2.16 bits per heavy atom. The molecule has 1 amide bonds. The highest BCUT2D eigenvalue weighted by atomic mass is 32.1. The number of nitrogens with zero attached hydrogens (tertiary/aromatic N) is 1. The van der Waals surface area contributed by atoms with E-state index in [1.807, 2.05) is 0 Å². The Morgan fingerprint density at radius 3 is 2.80 bits per heavy atom. The lowest BCUT2D eigenvalue weighted by Crippen LogP contribution is -2.53. The minimum Gasteiger partial charge on any atom is -0.468 e. The first-order valence-electron chi connectivity index (χ1n) is 7.62. The molecule has 2 atom stereocenters. The number of fused-ring (bicyclic) bond motifs is 1. The number of rotatable bonds is 5. The van der Waals surface area contributed by atoms with E-state index < -0.39 is 34.7 Å². The van der Waals surface area contributed by atoms with Gasteiger partial charge in [-0.3, -0.25) is 19.7 Å². The average Bonchev–Trinajstić information content (AvgIpc) is 3.12. The first-order chi connectivity index (χ1) is 12.0. The maximum absolute atomic E-state index is 13.0. The van der Waals surface area contributed by atoms with Crippen molar-refractivity contribution in [1.29, 1.82) is 0 Å². The van der Waals surface area contributed by atoms with Gasteiger partial charge in [0.15, 0.2) is 5.41 Å². The molecule has 0 fully saturated rings. The van der Waals surface area contributed by atoms with Crippen LogP contribution in [0.2, 0.25) is 0 Å². The van der Waals surface area contributed by atoms with Gasteiger partial charge in [0.05, 0.1) is 13.0 Å². The lowest BCUT2D eigenvalue weighted by Gasteiger charge is -2.38. The summed E-state index contributed by atoms with van der Waals surface area (Å²) in [6.07, 6.45) is 0.0537. The quantitative estimate of drug-likeness (QED) is 0.382. The van der Waals surface area contributed by atoms with Crippen LogP contribution in [-0.2, 0) is 20.7 Å². The number of thiophene rings is 1. The van der Waals surface area contributed by atoms with Gasteiger partial charge in [0.25, 0.3) is 0 Å². The number of nitro groups is 1. The molecule has 0 saturated carbocycles. The molecule has 3 rings (SSSR count). The van der Waals surface area contributed by atoms with E-state index in [9.17, 15) is 19.7 Å². The first-order valence-corrected chi connectivity index (χ1v) is 8.50. The van der Waals surface area contributed by atoms with Crippen molar-refractivity contribution < 1.29 is 19.2 Å². The fourth-order valence-corrected chi connectivity index (χ4v) is 4.22. The Labute approximate surface area is 147 Å². The first kappa shape index (κ1) is 17.1. The molecule has 2 heterocycles. The monoisotopic (exact) mass is 360 g/mol. The Kier molecular flexibility index (Phi) is 4.54. The Hall–Kier alpha value is -2.74. The Bertz CT molecular complexity index is 820. The number of anilines is 1. The topological polar surface area (TPSA) is 98.5 Å². The van der Waals surface area contributed by atoms with Gasteiger partial charge in [0, 0.05) is 21.9 Å². The summed E-state index contributed by atoms with van der Waals surface area (Å²) >= 11 is 1.28. The fourth-order valence-electron chi connectivity index (χ4n) is 3.31. The molecule has 130 valence electrons. The molecular weight excluding hydrogens is 344 g/mol. The molecule has 8 heteroatoms. The average molecular weight is 360 g/mol. The molecule has 1 aliphatic rings. The number of carbonyl (C=O) groups is 2. The molecule has 2 aromatic rings. The lowest BCUT2D eigenvalue weighted by atomic mass is 9.67. The van der Waals surface area contributed by atoms with E-state index in [0.717, 1.165) is 5.56 Å². The van der Waals surface area contributed by atoms with Crippen molar-refractivity contribution in [3.63, 3.8) is 0 Å². The number of para-hydroxylation sites is 1. The molecule has 1 aliphatic heterocycles.